The molecule has 2 rings (SSSR count). The van der Waals surface area contributed by atoms with E-state index in [2.05, 4.69) is 22.1 Å². The highest BCUT2D eigenvalue weighted by molar-refractivity contribution is 14.0. The summed E-state index contributed by atoms with van der Waals surface area (Å²) in [6.45, 7) is 6.34. The van der Waals surface area contributed by atoms with Crippen LogP contribution < -0.4 is 15.8 Å². The van der Waals surface area contributed by atoms with Gasteiger partial charge in [0.05, 0.1) is 12.1 Å². The van der Waals surface area contributed by atoms with E-state index >= 15 is 0 Å². The van der Waals surface area contributed by atoms with E-state index in [9.17, 15) is 0 Å². The van der Waals surface area contributed by atoms with E-state index in [0.717, 1.165) is 31.9 Å². The smallest absolute Gasteiger partial charge is 0.193 e. The molecule has 5 nitrogen and oxygen atoms in total. The highest BCUT2D eigenvalue weighted by Gasteiger charge is 2.20. The van der Waals surface area contributed by atoms with Crippen LogP contribution in [0.1, 0.15) is 13.3 Å². The van der Waals surface area contributed by atoms with E-state index in [-0.39, 0.29) is 24.0 Å². The SMILES string of the molecule is CCN1CCC(CN=C(N)Nc2ccc(OC)c(Cl)c2)C1.I. The molecule has 124 valence electrons. The zero-order valence-electron chi connectivity index (χ0n) is 13.0. The number of methoxy groups -OCH3 is 1. The van der Waals surface area contributed by atoms with Gasteiger partial charge >= 0.3 is 0 Å². The Balaban J connectivity index is 0.00000242. The molecule has 1 atom stereocenters. The van der Waals surface area contributed by atoms with Crippen molar-refractivity contribution in [3.05, 3.63) is 23.2 Å². The molecule has 1 aromatic rings. The lowest BCUT2D eigenvalue weighted by Crippen LogP contribution is -2.25. The Morgan fingerprint density at radius 1 is 1.55 bits per heavy atom. The van der Waals surface area contributed by atoms with Crippen LogP contribution in [0.2, 0.25) is 5.02 Å². The maximum atomic E-state index is 6.07. The number of guanidine groups is 1. The molecule has 1 aliphatic rings. The predicted octanol–water partition coefficient (Wildman–Crippen LogP) is 3.04. The van der Waals surface area contributed by atoms with Crippen LogP contribution in [-0.2, 0) is 0 Å². The Labute approximate surface area is 154 Å². The van der Waals surface area contributed by atoms with E-state index in [1.54, 1.807) is 19.2 Å². The second kappa shape index (κ2) is 9.42. The number of benzene rings is 1. The lowest BCUT2D eigenvalue weighted by atomic mass is 10.1. The van der Waals surface area contributed by atoms with Crippen LogP contribution in [0, 0.1) is 5.92 Å². The Morgan fingerprint density at radius 2 is 2.32 bits per heavy atom. The first-order valence-corrected chi connectivity index (χ1v) is 7.63. The normalized spacial score (nSPS) is 18.9. The van der Waals surface area contributed by atoms with Crippen LogP contribution in [0.5, 0.6) is 5.75 Å². The van der Waals surface area contributed by atoms with Crippen molar-refractivity contribution >= 4 is 47.2 Å². The van der Waals surface area contributed by atoms with Crippen molar-refractivity contribution in [3.8, 4) is 5.75 Å². The standard InChI is InChI=1S/C15H23ClN4O.HI/c1-3-20-7-6-11(10-20)9-18-15(17)19-12-4-5-14(21-2)13(16)8-12;/h4-5,8,11H,3,6-7,9-10H2,1-2H3,(H3,17,18,19);1H. The molecule has 1 saturated heterocycles. The van der Waals surface area contributed by atoms with Gasteiger partial charge in [-0.3, -0.25) is 4.99 Å². The third-order valence-electron chi connectivity index (χ3n) is 3.76. The third kappa shape index (κ3) is 5.48. The summed E-state index contributed by atoms with van der Waals surface area (Å²) >= 11 is 6.07. The van der Waals surface area contributed by atoms with Crippen LogP contribution >= 0.6 is 35.6 Å². The summed E-state index contributed by atoms with van der Waals surface area (Å²) in [6, 6.07) is 5.44. The zero-order valence-corrected chi connectivity index (χ0v) is 16.1. The first kappa shape index (κ1) is 19.3. The van der Waals surface area contributed by atoms with Crippen LogP contribution in [0.4, 0.5) is 5.69 Å². The Morgan fingerprint density at radius 3 is 2.91 bits per heavy atom. The van der Waals surface area contributed by atoms with E-state index < -0.39 is 0 Å². The van der Waals surface area contributed by atoms with Gasteiger partial charge in [-0.1, -0.05) is 18.5 Å². The molecule has 0 aliphatic carbocycles. The minimum absolute atomic E-state index is 0. The van der Waals surface area contributed by atoms with Crippen molar-refractivity contribution in [2.75, 3.05) is 38.6 Å². The second-order valence-corrected chi connectivity index (χ2v) is 5.66. The van der Waals surface area contributed by atoms with Crippen molar-refractivity contribution in [3.63, 3.8) is 0 Å². The van der Waals surface area contributed by atoms with Gasteiger partial charge in [0, 0.05) is 18.8 Å². The summed E-state index contributed by atoms with van der Waals surface area (Å²) in [5, 5.41) is 3.60. The number of nitrogens with one attached hydrogen (secondary N) is 1. The fraction of sp³-hybridized carbons (Fsp3) is 0.533. The molecule has 0 radical (unpaired) electrons. The van der Waals surface area contributed by atoms with Gasteiger partial charge in [-0.15, -0.1) is 24.0 Å². The first-order chi connectivity index (χ1) is 10.1. The number of halogens is 2. The van der Waals surface area contributed by atoms with Gasteiger partial charge < -0.3 is 20.7 Å². The average molecular weight is 439 g/mol. The summed E-state index contributed by atoms with van der Waals surface area (Å²) in [5.74, 6) is 1.67. The van der Waals surface area contributed by atoms with Gasteiger partial charge in [0.2, 0.25) is 0 Å². The number of likely N-dealkylation sites (tertiary alicyclic amines) is 1. The molecule has 0 saturated carbocycles. The Bertz CT molecular complexity index is 512. The summed E-state index contributed by atoms with van der Waals surface area (Å²) in [4.78, 5) is 6.86. The fourth-order valence-electron chi connectivity index (χ4n) is 2.51. The predicted molar refractivity (Wildman–Crippen MR) is 104 cm³/mol. The topological polar surface area (TPSA) is 62.9 Å². The molecule has 1 aliphatic heterocycles. The van der Waals surface area contributed by atoms with Gasteiger partial charge in [0.15, 0.2) is 5.96 Å². The number of nitrogens with zero attached hydrogens (tertiary/aromatic N) is 2. The molecule has 0 spiro atoms. The van der Waals surface area contributed by atoms with Crippen molar-refractivity contribution in [2.45, 2.75) is 13.3 Å². The van der Waals surface area contributed by atoms with Crippen LogP contribution in [0.25, 0.3) is 0 Å². The number of aliphatic imine (C=N–C) groups is 1. The number of hydrogen-bond acceptors (Lipinski definition) is 3. The third-order valence-corrected chi connectivity index (χ3v) is 4.06. The van der Waals surface area contributed by atoms with Crippen LogP contribution in [0.3, 0.4) is 0 Å². The molecule has 3 N–H and O–H groups in total. The summed E-state index contributed by atoms with van der Waals surface area (Å²) in [6.07, 6.45) is 1.19. The molecule has 0 bridgehead atoms. The van der Waals surface area contributed by atoms with E-state index in [1.165, 1.54) is 6.42 Å². The number of rotatable bonds is 5. The number of ether oxygens (including phenoxy) is 1. The first-order valence-electron chi connectivity index (χ1n) is 7.25. The lowest BCUT2D eigenvalue weighted by Gasteiger charge is -2.12. The maximum Gasteiger partial charge on any atom is 0.193 e. The highest BCUT2D eigenvalue weighted by atomic mass is 127. The minimum Gasteiger partial charge on any atom is -0.495 e. The van der Waals surface area contributed by atoms with Gasteiger partial charge in [-0.25, -0.2) is 0 Å². The van der Waals surface area contributed by atoms with Gasteiger partial charge in [0.1, 0.15) is 5.75 Å². The molecule has 1 aromatic carbocycles. The van der Waals surface area contributed by atoms with Gasteiger partial charge in [-0.05, 0) is 43.6 Å². The average Bonchev–Trinajstić information content (AvgIpc) is 2.93. The van der Waals surface area contributed by atoms with Crippen molar-refractivity contribution in [1.29, 1.82) is 0 Å². The summed E-state index contributed by atoms with van der Waals surface area (Å²) in [7, 11) is 1.59. The van der Waals surface area contributed by atoms with Gasteiger partial charge in [0.25, 0.3) is 0 Å². The Hall–Kier alpha value is -0.730. The number of nitrogens with two attached hydrogens (primary N) is 1. The zero-order chi connectivity index (χ0) is 15.2. The van der Waals surface area contributed by atoms with E-state index in [4.69, 9.17) is 22.1 Å². The number of hydrogen-bond donors (Lipinski definition) is 2. The molecular formula is C15H24ClIN4O. The lowest BCUT2D eigenvalue weighted by molar-refractivity contribution is 0.344. The van der Waals surface area contributed by atoms with Crippen LogP contribution in [-0.4, -0.2) is 44.1 Å². The maximum absolute atomic E-state index is 6.07. The second-order valence-electron chi connectivity index (χ2n) is 5.25. The van der Waals surface area contributed by atoms with Crippen molar-refractivity contribution in [1.82, 2.24) is 4.90 Å². The largest absolute Gasteiger partial charge is 0.495 e. The van der Waals surface area contributed by atoms with Crippen LogP contribution in [0.15, 0.2) is 23.2 Å². The van der Waals surface area contributed by atoms with Gasteiger partial charge in [-0.2, -0.15) is 0 Å². The molecule has 7 heteroatoms. The molecule has 1 fully saturated rings. The van der Waals surface area contributed by atoms with E-state index in [1.807, 2.05) is 6.07 Å². The minimum atomic E-state index is 0. The molecule has 1 unspecified atom stereocenters. The van der Waals surface area contributed by atoms with E-state index in [0.29, 0.717) is 22.6 Å². The van der Waals surface area contributed by atoms with Crippen molar-refractivity contribution < 1.29 is 4.74 Å². The summed E-state index contributed by atoms with van der Waals surface area (Å²) in [5.41, 5.74) is 6.73. The molecule has 1 heterocycles. The number of anilines is 1. The Kier molecular flexibility index (Phi) is 8.27. The molecule has 0 aromatic heterocycles. The molecule has 0 amide bonds. The molecule has 22 heavy (non-hydrogen) atoms. The highest BCUT2D eigenvalue weighted by Crippen LogP contribution is 2.27. The quantitative estimate of drug-likeness (QED) is 0.421. The molecular weight excluding hydrogens is 415 g/mol. The fourth-order valence-corrected chi connectivity index (χ4v) is 2.77. The van der Waals surface area contributed by atoms with Crippen molar-refractivity contribution in [2.24, 2.45) is 16.6 Å². The monoisotopic (exact) mass is 438 g/mol. The summed E-state index contributed by atoms with van der Waals surface area (Å²) < 4.78 is 5.11.